The van der Waals surface area contributed by atoms with Crippen LogP contribution in [0, 0.1) is 11.3 Å². The largest absolute Gasteiger partial charge is 0.481 e. The zero-order valence-electron chi connectivity index (χ0n) is 15.5. The number of thiazole rings is 1. The number of hydrogen-bond acceptors (Lipinski definition) is 6. The van der Waals surface area contributed by atoms with Crippen molar-refractivity contribution in [2.75, 3.05) is 18.8 Å². The molecule has 2 heterocycles. The molecule has 8 heteroatoms. The average molecular weight is 391 g/mol. The number of carboxylic acid groups (broad SMARTS) is 1. The lowest BCUT2D eigenvalue weighted by molar-refractivity contribution is -0.163. The number of amides is 1. The molecule has 4 N–H and O–H groups in total. The van der Waals surface area contributed by atoms with Gasteiger partial charge < -0.3 is 20.8 Å². The maximum absolute atomic E-state index is 13.0. The summed E-state index contributed by atoms with van der Waals surface area (Å²) in [5.74, 6) is -0.974. The number of aliphatic hydroxyl groups excluding tert-OH is 1. The van der Waals surface area contributed by atoms with Crippen molar-refractivity contribution in [3.05, 3.63) is 23.8 Å². The number of hydrogen-bond donors (Lipinski definition) is 3. The van der Waals surface area contributed by atoms with Gasteiger partial charge in [-0.1, -0.05) is 25.2 Å². The number of piperidine rings is 1. The van der Waals surface area contributed by atoms with Gasteiger partial charge in [-0.15, -0.1) is 0 Å². The summed E-state index contributed by atoms with van der Waals surface area (Å²) < 4.78 is 0.898. The lowest BCUT2D eigenvalue weighted by Crippen LogP contribution is -2.57. The van der Waals surface area contributed by atoms with Crippen LogP contribution in [0.2, 0.25) is 0 Å². The van der Waals surface area contributed by atoms with E-state index in [9.17, 15) is 19.8 Å². The number of carboxylic acids is 1. The molecule has 1 amide bonds. The minimum Gasteiger partial charge on any atom is -0.481 e. The Balaban J connectivity index is 1.86. The van der Waals surface area contributed by atoms with Crippen molar-refractivity contribution in [3.8, 4) is 0 Å². The highest BCUT2D eigenvalue weighted by Gasteiger charge is 2.49. The van der Waals surface area contributed by atoms with Gasteiger partial charge in [0.2, 0.25) is 0 Å². The fourth-order valence-electron chi connectivity index (χ4n) is 3.62. The first-order valence-electron chi connectivity index (χ1n) is 9.10. The highest BCUT2D eigenvalue weighted by atomic mass is 32.1. The standard InChI is InChI=1S/C19H25N3O4S/c1-11(2)5-7-19(17(25)26)10-22(8-6-15(19)23)16(24)12-3-4-14-13(9-12)21-18(20)27-14/h3-4,9,11,15,23H,5-8,10H2,1-2H3,(H2,20,21)(H,25,26)/t15-,19+/m0/s1. The number of carbonyl (C=O) groups is 2. The smallest absolute Gasteiger partial charge is 0.314 e. The summed E-state index contributed by atoms with van der Waals surface area (Å²) in [7, 11) is 0. The van der Waals surface area contributed by atoms with Gasteiger partial charge in [-0.25, -0.2) is 4.98 Å². The predicted octanol–water partition coefficient (Wildman–Crippen LogP) is 2.59. The summed E-state index contributed by atoms with van der Waals surface area (Å²) in [5.41, 5.74) is 5.50. The van der Waals surface area contributed by atoms with Crippen molar-refractivity contribution in [1.82, 2.24) is 9.88 Å². The Kier molecular flexibility index (Phi) is 5.39. The molecule has 27 heavy (non-hydrogen) atoms. The van der Waals surface area contributed by atoms with Crippen molar-refractivity contribution >= 4 is 38.6 Å². The minimum atomic E-state index is -1.33. The van der Waals surface area contributed by atoms with E-state index in [4.69, 9.17) is 5.73 Å². The van der Waals surface area contributed by atoms with E-state index < -0.39 is 17.5 Å². The van der Waals surface area contributed by atoms with Crippen LogP contribution in [0.5, 0.6) is 0 Å². The quantitative estimate of drug-likeness (QED) is 0.721. The van der Waals surface area contributed by atoms with E-state index in [0.29, 0.717) is 41.5 Å². The molecule has 1 aromatic carbocycles. The van der Waals surface area contributed by atoms with Crippen LogP contribution in [0.25, 0.3) is 10.2 Å². The van der Waals surface area contributed by atoms with Gasteiger partial charge in [0.05, 0.1) is 16.3 Å². The van der Waals surface area contributed by atoms with E-state index in [2.05, 4.69) is 4.98 Å². The van der Waals surface area contributed by atoms with Crippen molar-refractivity contribution in [3.63, 3.8) is 0 Å². The molecule has 3 rings (SSSR count). The lowest BCUT2D eigenvalue weighted by atomic mass is 9.72. The molecule has 0 saturated carbocycles. The topological polar surface area (TPSA) is 117 Å². The zero-order chi connectivity index (χ0) is 19.8. The summed E-state index contributed by atoms with van der Waals surface area (Å²) in [6.45, 7) is 4.37. The van der Waals surface area contributed by atoms with Crippen LogP contribution in [-0.4, -0.2) is 51.2 Å². The average Bonchev–Trinajstić information content (AvgIpc) is 2.99. The van der Waals surface area contributed by atoms with Crippen LogP contribution in [-0.2, 0) is 4.79 Å². The number of aliphatic carboxylic acids is 1. The van der Waals surface area contributed by atoms with E-state index in [1.54, 1.807) is 18.2 Å². The van der Waals surface area contributed by atoms with Crippen LogP contribution < -0.4 is 5.73 Å². The predicted molar refractivity (Wildman–Crippen MR) is 105 cm³/mol. The summed E-state index contributed by atoms with van der Waals surface area (Å²) in [6, 6.07) is 5.20. The molecule has 1 aromatic heterocycles. The first-order chi connectivity index (χ1) is 12.7. The van der Waals surface area contributed by atoms with Crippen LogP contribution in [0.3, 0.4) is 0 Å². The monoisotopic (exact) mass is 391 g/mol. The van der Waals surface area contributed by atoms with Crippen LogP contribution in [0.4, 0.5) is 5.13 Å². The molecule has 0 radical (unpaired) electrons. The number of likely N-dealkylation sites (tertiary alicyclic amines) is 1. The number of nitrogens with zero attached hydrogens (tertiary/aromatic N) is 2. The van der Waals surface area contributed by atoms with Gasteiger partial charge in [-0.2, -0.15) is 0 Å². The number of nitrogen functional groups attached to an aromatic ring is 1. The normalized spacial score (nSPS) is 23.1. The van der Waals surface area contributed by atoms with Gasteiger partial charge in [0.1, 0.15) is 5.41 Å². The lowest BCUT2D eigenvalue weighted by Gasteiger charge is -2.43. The number of benzene rings is 1. The third-order valence-corrected chi connectivity index (χ3v) is 6.18. The zero-order valence-corrected chi connectivity index (χ0v) is 16.3. The van der Waals surface area contributed by atoms with Crippen molar-refractivity contribution in [2.24, 2.45) is 11.3 Å². The van der Waals surface area contributed by atoms with Crippen molar-refractivity contribution in [2.45, 2.75) is 39.2 Å². The molecular formula is C19H25N3O4S. The molecule has 146 valence electrons. The summed E-state index contributed by atoms with van der Waals surface area (Å²) in [4.78, 5) is 30.8. The van der Waals surface area contributed by atoms with Crippen LogP contribution in [0.15, 0.2) is 18.2 Å². The number of nitrogens with two attached hydrogens (primary N) is 1. The molecule has 1 saturated heterocycles. The Bertz CT molecular complexity index is 866. The second-order valence-electron chi connectivity index (χ2n) is 7.66. The number of rotatable bonds is 5. The van der Waals surface area contributed by atoms with Crippen molar-refractivity contribution < 1.29 is 19.8 Å². The maximum atomic E-state index is 13.0. The molecule has 7 nitrogen and oxygen atoms in total. The molecule has 2 atom stereocenters. The summed E-state index contributed by atoms with van der Waals surface area (Å²) >= 11 is 1.35. The Morgan fingerprint density at radius 2 is 2.19 bits per heavy atom. The minimum absolute atomic E-state index is 0.00624. The summed E-state index contributed by atoms with van der Waals surface area (Å²) in [5, 5.41) is 20.8. The van der Waals surface area contributed by atoms with Gasteiger partial charge in [0.15, 0.2) is 5.13 Å². The Morgan fingerprint density at radius 3 is 2.85 bits per heavy atom. The molecule has 1 aliphatic heterocycles. The van der Waals surface area contributed by atoms with Gasteiger partial charge in [-0.05, 0) is 43.4 Å². The number of fused-ring (bicyclic) bond motifs is 1. The fourth-order valence-corrected chi connectivity index (χ4v) is 4.34. The first kappa shape index (κ1) is 19.6. The van der Waals surface area contributed by atoms with E-state index >= 15 is 0 Å². The van der Waals surface area contributed by atoms with Crippen LogP contribution >= 0.6 is 11.3 Å². The van der Waals surface area contributed by atoms with E-state index in [1.807, 2.05) is 13.8 Å². The molecule has 1 fully saturated rings. The molecule has 0 bridgehead atoms. The Labute approximate surface area is 161 Å². The van der Waals surface area contributed by atoms with Gasteiger partial charge in [-0.3, -0.25) is 9.59 Å². The second kappa shape index (κ2) is 7.44. The number of anilines is 1. The maximum Gasteiger partial charge on any atom is 0.314 e. The van der Waals surface area contributed by atoms with Gasteiger partial charge >= 0.3 is 5.97 Å². The molecular weight excluding hydrogens is 366 g/mol. The van der Waals surface area contributed by atoms with E-state index in [-0.39, 0.29) is 18.9 Å². The van der Waals surface area contributed by atoms with E-state index in [0.717, 1.165) is 4.70 Å². The van der Waals surface area contributed by atoms with Crippen LogP contribution in [0.1, 0.15) is 43.5 Å². The van der Waals surface area contributed by atoms with Gasteiger partial charge in [0.25, 0.3) is 5.91 Å². The summed E-state index contributed by atoms with van der Waals surface area (Å²) in [6.07, 6.45) is 0.308. The molecule has 0 aliphatic carbocycles. The highest BCUT2D eigenvalue weighted by Crippen LogP contribution is 2.37. The molecule has 2 aromatic rings. The molecule has 1 aliphatic rings. The SMILES string of the molecule is CC(C)CC[C@@]1(C(=O)O)CN(C(=O)c2ccc3sc(N)nc3c2)CC[C@@H]1O. The van der Waals surface area contributed by atoms with Gasteiger partial charge in [0, 0.05) is 18.7 Å². The van der Waals surface area contributed by atoms with E-state index in [1.165, 1.54) is 16.2 Å². The van der Waals surface area contributed by atoms with Crippen molar-refractivity contribution in [1.29, 1.82) is 0 Å². The number of carbonyl (C=O) groups excluding carboxylic acids is 1. The Morgan fingerprint density at radius 1 is 1.44 bits per heavy atom. The second-order valence-corrected chi connectivity index (χ2v) is 8.72. The highest BCUT2D eigenvalue weighted by molar-refractivity contribution is 7.22. The number of aromatic nitrogens is 1. The third-order valence-electron chi connectivity index (χ3n) is 5.32. The third kappa shape index (κ3) is 3.77. The Hall–Kier alpha value is -2.19. The first-order valence-corrected chi connectivity index (χ1v) is 9.91. The fraction of sp³-hybridized carbons (Fsp3) is 0.526. The molecule has 0 spiro atoms. The number of aliphatic hydroxyl groups is 1. The molecule has 0 unspecified atom stereocenters.